The smallest absolute Gasteiger partial charge is 0.356 e. The van der Waals surface area contributed by atoms with E-state index in [1.165, 1.54) is 12.4 Å². The Kier molecular flexibility index (Phi) is 8.10. The number of pyridine rings is 1. The van der Waals surface area contributed by atoms with Gasteiger partial charge in [0.15, 0.2) is 0 Å². The SMILES string of the molecule is O=C(NCc1ccc(C(F)(F)F)nc1)C1(CN=C(c2ccccc2)c2ccccc2)CCN(c2ncnc3[nH]ccc23)CC1. The minimum atomic E-state index is -4.53. The number of rotatable bonds is 8. The molecule has 0 radical (unpaired) electrons. The van der Waals surface area contributed by atoms with Crippen LogP contribution < -0.4 is 10.2 Å². The number of hydrogen-bond acceptors (Lipinski definition) is 6. The number of hydrogen-bond donors (Lipinski definition) is 2. The summed E-state index contributed by atoms with van der Waals surface area (Å²) in [6.07, 6.45) is 0.973. The third kappa shape index (κ3) is 6.17. The number of aromatic amines is 1. The highest BCUT2D eigenvalue weighted by Gasteiger charge is 2.42. The summed E-state index contributed by atoms with van der Waals surface area (Å²) in [5.74, 6) is 0.606. The minimum Gasteiger partial charge on any atom is -0.356 e. The van der Waals surface area contributed by atoms with Crippen LogP contribution >= 0.6 is 0 Å². The largest absolute Gasteiger partial charge is 0.433 e. The number of H-pyrrole nitrogens is 1. The molecule has 3 aromatic heterocycles. The Balaban J connectivity index is 1.28. The van der Waals surface area contributed by atoms with Crippen molar-refractivity contribution in [1.29, 1.82) is 0 Å². The lowest BCUT2D eigenvalue weighted by atomic mass is 9.77. The zero-order valence-electron chi connectivity index (χ0n) is 23.8. The second-order valence-corrected chi connectivity index (χ2v) is 10.8. The van der Waals surface area contributed by atoms with Crippen molar-refractivity contribution in [2.75, 3.05) is 24.5 Å². The summed E-state index contributed by atoms with van der Waals surface area (Å²) in [6, 6.07) is 23.9. The van der Waals surface area contributed by atoms with Crippen LogP contribution in [0.3, 0.4) is 0 Å². The van der Waals surface area contributed by atoms with Crippen molar-refractivity contribution in [3.8, 4) is 0 Å². The van der Waals surface area contributed by atoms with Crippen LogP contribution in [0.4, 0.5) is 19.0 Å². The maximum atomic E-state index is 14.0. The molecular weight excluding hydrogens is 567 g/mol. The van der Waals surface area contributed by atoms with E-state index in [0.29, 0.717) is 31.5 Å². The van der Waals surface area contributed by atoms with E-state index >= 15 is 0 Å². The quantitative estimate of drug-likeness (QED) is 0.220. The van der Waals surface area contributed by atoms with Gasteiger partial charge in [-0.2, -0.15) is 13.2 Å². The molecule has 0 bridgehead atoms. The van der Waals surface area contributed by atoms with Crippen LogP contribution in [0.5, 0.6) is 0 Å². The second-order valence-electron chi connectivity index (χ2n) is 10.8. The number of carbonyl (C=O) groups is 1. The number of aromatic nitrogens is 4. The number of amides is 1. The number of piperidine rings is 1. The summed E-state index contributed by atoms with van der Waals surface area (Å²) in [6.45, 7) is 1.42. The normalized spacial score (nSPS) is 14.8. The molecule has 11 heteroatoms. The monoisotopic (exact) mass is 597 g/mol. The Bertz CT molecular complexity index is 1700. The summed E-state index contributed by atoms with van der Waals surface area (Å²) in [5.41, 5.74) is 2.08. The summed E-state index contributed by atoms with van der Waals surface area (Å²) in [5, 5.41) is 3.88. The number of aliphatic imine (C=N–C) groups is 1. The first-order valence-electron chi connectivity index (χ1n) is 14.3. The van der Waals surface area contributed by atoms with Crippen LogP contribution in [0.15, 0.2) is 103 Å². The molecule has 224 valence electrons. The lowest BCUT2D eigenvalue weighted by molar-refractivity contribution is -0.141. The third-order valence-electron chi connectivity index (χ3n) is 8.04. The van der Waals surface area contributed by atoms with E-state index in [0.717, 1.165) is 46.0 Å². The van der Waals surface area contributed by atoms with E-state index in [9.17, 15) is 18.0 Å². The van der Waals surface area contributed by atoms with Gasteiger partial charge < -0.3 is 15.2 Å². The van der Waals surface area contributed by atoms with Gasteiger partial charge >= 0.3 is 6.18 Å². The molecule has 2 aromatic carbocycles. The molecule has 1 amide bonds. The fourth-order valence-electron chi connectivity index (χ4n) is 5.55. The Hall–Kier alpha value is -5.06. The van der Waals surface area contributed by atoms with Crippen molar-refractivity contribution in [3.63, 3.8) is 0 Å². The van der Waals surface area contributed by atoms with Gasteiger partial charge in [0.25, 0.3) is 0 Å². The average molecular weight is 598 g/mol. The molecule has 1 aliphatic rings. The molecule has 1 saturated heterocycles. The first kappa shape index (κ1) is 29.0. The van der Waals surface area contributed by atoms with Crippen molar-refractivity contribution in [2.24, 2.45) is 10.4 Å². The predicted octanol–water partition coefficient (Wildman–Crippen LogP) is 5.81. The van der Waals surface area contributed by atoms with Crippen molar-refractivity contribution >= 4 is 28.5 Å². The van der Waals surface area contributed by atoms with Crippen LogP contribution in [-0.2, 0) is 17.5 Å². The fraction of sp³-hybridized carbons (Fsp3) is 0.242. The highest BCUT2D eigenvalue weighted by molar-refractivity contribution is 6.13. The number of nitrogens with zero attached hydrogens (tertiary/aromatic N) is 5. The molecule has 4 heterocycles. The third-order valence-corrected chi connectivity index (χ3v) is 8.04. The van der Waals surface area contributed by atoms with Crippen molar-refractivity contribution < 1.29 is 18.0 Å². The topological polar surface area (TPSA) is 99.2 Å². The number of benzene rings is 2. The first-order chi connectivity index (χ1) is 21.3. The Morgan fingerprint density at radius 2 is 1.59 bits per heavy atom. The van der Waals surface area contributed by atoms with Gasteiger partial charge in [0.1, 0.15) is 23.5 Å². The van der Waals surface area contributed by atoms with Crippen molar-refractivity contribution in [3.05, 3.63) is 120 Å². The minimum absolute atomic E-state index is 0.0548. The Morgan fingerprint density at radius 1 is 0.909 bits per heavy atom. The van der Waals surface area contributed by atoms with Gasteiger partial charge in [-0.3, -0.25) is 14.8 Å². The molecular formula is C33H30F3N7O. The van der Waals surface area contributed by atoms with Crippen LogP contribution in [0.25, 0.3) is 11.0 Å². The van der Waals surface area contributed by atoms with E-state index in [4.69, 9.17) is 4.99 Å². The van der Waals surface area contributed by atoms with Gasteiger partial charge in [-0.05, 0) is 30.5 Å². The van der Waals surface area contributed by atoms with Gasteiger partial charge in [-0.1, -0.05) is 66.7 Å². The summed E-state index contributed by atoms with van der Waals surface area (Å²) in [7, 11) is 0. The molecule has 0 saturated carbocycles. The zero-order chi connectivity index (χ0) is 30.6. The number of halogens is 3. The molecule has 0 spiro atoms. The molecule has 0 unspecified atom stereocenters. The van der Waals surface area contributed by atoms with Gasteiger partial charge in [0.05, 0.1) is 23.1 Å². The standard InChI is InChI=1S/C33H30F3N7O/c34-33(35,36)27-12-11-23(19-38-27)20-39-31(44)32(14-17-43(18-15-32)30-26-13-16-37-29(26)41-22-42-30)21-40-28(24-7-3-1-4-8-24)25-9-5-2-6-10-25/h1-13,16,19,22H,14-15,17-18,20-21H2,(H,39,44)(H,37,41,42). The number of fused-ring (bicyclic) bond motifs is 1. The van der Waals surface area contributed by atoms with Crippen LogP contribution in [0, 0.1) is 5.41 Å². The lowest BCUT2D eigenvalue weighted by Gasteiger charge is -2.40. The highest BCUT2D eigenvalue weighted by Crippen LogP contribution is 2.36. The number of nitrogens with one attached hydrogen (secondary N) is 2. The second kappa shape index (κ2) is 12.3. The van der Waals surface area contributed by atoms with Crippen LogP contribution in [-0.4, -0.2) is 51.2 Å². The Morgan fingerprint density at radius 3 is 2.20 bits per heavy atom. The van der Waals surface area contributed by atoms with Crippen LogP contribution in [0.2, 0.25) is 0 Å². The molecule has 0 aliphatic carbocycles. The molecule has 0 atom stereocenters. The molecule has 2 N–H and O–H groups in total. The molecule has 5 aromatic rings. The Labute approximate surface area is 252 Å². The fourth-order valence-corrected chi connectivity index (χ4v) is 5.55. The zero-order valence-corrected chi connectivity index (χ0v) is 23.8. The highest BCUT2D eigenvalue weighted by atomic mass is 19.4. The summed E-state index contributed by atoms with van der Waals surface area (Å²) in [4.78, 5) is 36.7. The van der Waals surface area contributed by atoms with Gasteiger partial charge in [0.2, 0.25) is 5.91 Å². The van der Waals surface area contributed by atoms with E-state index < -0.39 is 17.3 Å². The molecule has 6 rings (SSSR count). The van der Waals surface area contributed by atoms with Gasteiger partial charge in [-0.15, -0.1) is 0 Å². The summed E-state index contributed by atoms with van der Waals surface area (Å²) < 4.78 is 39.0. The average Bonchev–Trinajstić information content (AvgIpc) is 3.54. The number of anilines is 1. The van der Waals surface area contributed by atoms with Crippen molar-refractivity contribution in [2.45, 2.75) is 25.6 Å². The molecule has 1 fully saturated rings. The summed E-state index contributed by atoms with van der Waals surface area (Å²) >= 11 is 0. The molecule has 44 heavy (non-hydrogen) atoms. The number of alkyl halides is 3. The lowest BCUT2D eigenvalue weighted by Crippen LogP contribution is -2.50. The van der Waals surface area contributed by atoms with Gasteiger partial charge in [-0.25, -0.2) is 9.97 Å². The maximum Gasteiger partial charge on any atom is 0.433 e. The maximum absolute atomic E-state index is 14.0. The predicted molar refractivity (Wildman–Crippen MR) is 162 cm³/mol. The van der Waals surface area contributed by atoms with E-state index in [2.05, 4.69) is 30.2 Å². The molecule has 1 aliphatic heterocycles. The van der Waals surface area contributed by atoms with E-state index in [-0.39, 0.29) is 19.0 Å². The molecule has 8 nitrogen and oxygen atoms in total. The van der Waals surface area contributed by atoms with E-state index in [1.807, 2.05) is 72.9 Å². The van der Waals surface area contributed by atoms with Crippen LogP contribution in [0.1, 0.15) is 35.2 Å². The number of carbonyl (C=O) groups excluding carboxylic acids is 1. The first-order valence-corrected chi connectivity index (χ1v) is 14.3. The van der Waals surface area contributed by atoms with E-state index in [1.54, 1.807) is 0 Å². The van der Waals surface area contributed by atoms with Gasteiger partial charge in [0, 0.05) is 43.2 Å². The van der Waals surface area contributed by atoms with Crippen molar-refractivity contribution in [1.82, 2.24) is 25.3 Å².